The highest BCUT2D eigenvalue weighted by atomic mass is 15.2. The van der Waals surface area contributed by atoms with Crippen LogP contribution in [0.15, 0.2) is 24.3 Å². The third-order valence-electron chi connectivity index (χ3n) is 3.55. The fourth-order valence-corrected chi connectivity index (χ4v) is 2.84. The smallest absolute Gasteiger partial charge is 0.0402 e. The van der Waals surface area contributed by atoms with Crippen molar-refractivity contribution in [3.8, 4) is 0 Å². The van der Waals surface area contributed by atoms with Crippen LogP contribution in [0.5, 0.6) is 0 Å². The van der Waals surface area contributed by atoms with Crippen molar-refractivity contribution in [2.75, 3.05) is 11.4 Å². The number of nitrogens with zero attached hydrogens (tertiary/aromatic N) is 1. The Balaban J connectivity index is 2.06. The molecule has 2 atom stereocenters. The van der Waals surface area contributed by atoms with Crippen molar-refractivity contribution in [2.24, 2.45) is 11.7 Å². The second kappa shape index (κ2) is 5.09. The van der Waals surface area contributed by atoms with E-state index in [0.29, 0.717) is 12.0 Å². The molecule has 94 valence electrons. The van der Waals surface area contributed by atoms with E-state index in [0.717, 1.165) is 19.4 Å². The molecule has 2 heteroatoms. The van der Waals surface area contributed by atoms with Crippen LogP contribution in [-0.2, 0) is 6.42 Å². The van der Waals surface area contributed by atoms with Crippen molar-refractivity contribution in [3.05, 3.63) is 29.8 Å². The minimum Gasteiger partial charge on any atom is -0.367 e. The Morgan fingerprint density at radius 2 is 2.06 bits per heavy atom. The molecule has 0 saturated carbocycles. The Labute approximate surface area is 105 Å². The molecule has 0 saturated heterocycles. The Bertz CT molecular complexity index is 373. The zero-order chi connectivity index (χ0) is 12.4. The number of fused-ring (bicyclic) bond motifs is 1. The van der Waals surface area contributed by atoms with E-state index < -0.39 is 0 Å². The van der Waals surface area contributed by atoms with Crippen LogP contribution in [0.4, 0.5) is 5.69 Å². The Morgan fingerprint density at radius 3 is 2.76 bits per heavy atom. The maximum atomic E-state index is 6.23. The van der Waals surface area contributed by atoms with Gasteiger partial charge in [0.25, 0.3) is 0 Å². The van der Waals surface area contributed by atoms with E-state index in [-0.39, 0.29) is 6.04 Å². The van der Waals surface area contributed by atoms with Gasteiger partial charge in [0.2, 0.25) is 0 Å². The highest BCUT2D eigenvalue weighted by molar-refractivity contribution is 5.59. The van der Waals surface area contributed by atoms with Crippen molar-refractivity contribution in [1.82, 2.24) is 0 Å². The molecule has 0 spiro atoms. The van der Waals surface area contributed by atoms with E-state index in [1.165, 1.54) is 11.3 Å². The fraction of sp³-hybridized carbons (Fsp3) is 0.600. The summed E-state index contributed by atoms with van der Waals surface area (Å²) in [5.74, 6) is 0.679. The van der Waals surface area contributed by atoms with E-state index >= 15 is 0 Å². The summed E-state index contributed by atoms with van der Waals surface area (Å²) in [5.41, 5.74) is 9.09. The molecule has 1 aliphatic rings. The van der Waals surface area contributed by atoms with Crippen LogP contribution in [0.3, 0.4) is 0 Å². The summed E-state index contributed by atoms with van der Waals surface area (Å²) in [6, 6.07) is 9.58. The summed E-state index contributed by atoms with van der Waals surface area (Å²) in [7, 11) is 0. The van der Waals surface area contributed by atoms with Gasteiger partial charge in [-0.15, -0.1) is 0 Å². The average Bonchev–Trinajstić information content (AvgIpc) is 2.55. The van der Waals surface area contributed by atoms with Gasteiger partial charge < -0.3 is 10.6 Å². The first-order valence-corrected chi connectivity index (χ1v) is 6.68. The first-order chi connectivity index (χ1) is 8.08. The SMILES string of the molecule is CC(C)CC(N)CN1c2ccccc2CC1C. The molecule has 2 rings (SSSR count). The largest absolute Gasteiger partial charge is 0.367 e. The molecular weight excluding hydrogens is 208 g/mol. The normalized spacial score (nSPS) is 20.8. The molecule has 2 unspecified atom stereocenters. The lowest BCUT2D eigenvalue weighted by Crippen LogP contribution is -2.41. The predicted octanol–water partition coefficient (Wildman–Crippen LogP) is 2.81. The highest BCUT2D eigenvalue weighted by Crippen LogP contribution is 2.31. The standard InChI is InChI=1S/C15H24N2/c1-11(2)8-14(16)10-17-12(3)9-13-6-4-5-7-15(13)17/h4-7,11-12,14H,8-10,16H2,1-3H3. The third kappa shape index (κ3) is 2.81. The molecule has 0 fully saturated rings. The third-order valence-corrected chi connectivity index (χ3v) is 3.55. The maximum Gasteiger partial charge on any atom is 0.0402 e. The van der Waals surface area contributed by atoms with Crippen molar-refractivity contribution in [2.45, 2.75) is 45.7 Å². The zero-order valence-electron chi connectivity index (χ0n) is 11.2. The van der Waals surface area contributed by atoms with Crippen LogP contribution >= 0.6 is 0 Å². The summed E-state index contributed by atoms with van der Waals surface area (Å²) < 4.78 is 0. The van der Waals surface area contributed by atoms with Crippen molar-refractivity contribution in [1.29, 1.82) is 0 Å². The summed E-state index contributed by atoms with van der Waals surface area (Å²) >= 11 is 0. The summed E-state index contributed by atoms with van der Waals surface area (Å²) in [5, 5.41) is 0. The Kier molecular flexibility index (Phi) is 3.72. The monoisotopic (exact) mass is 232 g/mol. The minimum atomic E-state index is 0.281. The van der Waals surface area contributed by atoms with Gasteiger partial charge in [0, 0.05) is 24.3 Å². The lowest BCUT2D eigenvalue weighted by atomic mass is 10.0. The van der Waals surface area contributed by atoms with Gasteiger partial charge in [-0.2, -0.15) is 0 Å². The quantitative estimate of drug-likeness (QED) is 0.865. The topological polar surface area (TPSA) is 29.3 Å². The molecule has 17 heavy (non-hydrogen) atoms. The first-order valence-electron chi connectivity index (χ1n) is 6.68. The Morgan fingerprint density at radius 1 is 1.35 bits per heavy atom. The number of rotatable bonds is 4. The van der Waals surface area contributed by atoms with Crippen LogP contribution in [0.2, 0.25) is 0 Å². The summed E-state index contributed by atoms with van der Waals surface area (Å²) in [4.78, 5) is 2.47. The molecule has 0 bridgehead atoms. The molecule has 2 N–H and O–H groups in total. The summed E-state index contributed by atoms with van der Waals surface area (Å²) in [6.45, 7) is 7.75. The summed E-state index contributed by atoms with van der Waals surface area (Å²) in [6.07, 6.45) is 2.26. The van der Waals surface area contributed by atoms with Gasteiger partial charge in [-0.1, -0.05) is 32.0 Å². The van der Waals surface area contributed by atoms with E-state index in [9.17, 15) is 0 Å². The van der Waals surface area contributed by atoms with Crippen LogP contribution < -0.4 is 10.6 Å². The van der Waals surface area contributed by atoms with Gasteiger partial charge in [-0.05, 0) is 37.3 Å². The van der Waals surface area contributed by atoms with Gasteiger partial charge in [-0.3, -0.25) is 0 Å². The molecule has 0 amide bonds. The second-order valence-electron chi connectivity index (χ2n) is 5.72. The van der Waals surface area contributed by atoms with Gasteiger partial charge in [0.15, 0.2) is 0 Å². The number of hydrogen-bond acceptors (Lipinski definition) is 2. The number of anilines is 1. The fourth-order valence-electron chi connectivity index (χ4n) is 2.84. The molecular formula is C15H24N2. The van der Waals surface area contributed by atoms with Crippen LogP contribution in [0, 0.1) is 5.92 Å². The van der Waals surface area contributed by atoms with Crippen LogP contribution in [0.25, 0.3) is 0 Å². The van der Waals surface area contributed by atoms with Crippen LogP contribution in [0.1, 0.15) is 32.8 Å². The molecule has 0 radical (unpaired) electrons. The van der Waals surface area contributed by atoms with E-state index in [4.69, 9.17) is 5.73 Å². The van der Waals surface area contributed by atoms with E-state index in [1.807, 2.05) is 0 Å². The van der Waals surface area contributed by atoms with E-state index in [2.05, 4.69) is 49.9 Å². The zero-order valence-corrected chi connectivity index (χ0v) is 11.2. The maximum absolute atomic E-state index is 6.23. The molecule has 0 aliphatic carbocycles. The van der Waals surface area contributed by atoms with Gasteiger partial charge in [0.05, 0.1) is 0 Å². The lowest BCUT2D eigenvalue weighted by Gasteiger charge is -2.28. The number of para-hydroxylation sites is 1. The van der Waals surface area contributed by atoms with Gasteiger partial charge >= 0.3 is 0 Å². The minimum absolute atomic E-state index is 0.281. The first kappa shape index (κ1) is 12.4. The van der Waals surface area contributed by atoms with Crippen LogP contribution in [-0.4, -0.2) is 18.6 Å². The number of nitrogens with two attached hydrogens (primary N) is 1. The van der Waals surface area contributed by atoms with E-state index in [1.54, 1.807) is 0 Å². The molecule has 1 aliphatic heterocycles. The number of benzene rings is 1. The molecule has 1 aromatic carbocycles. The van der Waals surface area contributed by atoms with Crippen molar-refractivity contribution >= 4 is 5.69 Å². The van der Waals surface area contributed by atoms with Gasteiger partial charge in [-0.25, -0.2) is 0 Å². The van der Waals surface area contributed by atoms with Gasteiger partial charge in [0.1, 0.15) is 0 Å². The second-order valence-corrected chi connectivity index (χ2v) is 5.72. The molecule has 1 heterocycles. The highest BCUT2D eigenvalue weighted by Gasteiger charge is 2.26. The Hall–Kier alpha value is -1.02. The number of hydrogen-bond donors (Lipinski definition) is 1. The van der Waals surface area contributed by atoms with Crippen molar-refractivity contribution in [3.63, 3.8) is 0 Å². The average molecular weight is 232 g/mol. The molecule has 1 aromatic rings. The predicted molar refractivity (Wildman–Crippen MR) is 74.4 cm³/mol. The molecule has 0 aromatic heterocycles. The molecule has 2 nitrogen and oxygen atoms in total. The lowest BCUT2D eigenvalue weighted by molar-refractivity contribution is 0.480. The van der Waals surface area contributed by atoms with Crippen molar-refractivity contribution < 1.29 is 0 Å².